The number of aliphatic carboxylic acids is 1. The van der Waals surface area contributed by atoms with E-state index in [2.05, 4.69) is 0 Å². The van der Waals surface area contributed by atoms with Crippen molar-refractivity contribution in [1.82, 2.24) is 0 Å². The molecule has 0 spiro atoms. The van der Waals surface area contributed by atoms with Gasteiger partial charge in [-0.1, -0.05) is 6.07 Å². The van der Waals surface area contributed by atoms with Crippen LogP contribution in [0.1, 0.15) is 10.8 Å². The number of carbonyl (C=O) groups is 1. The molecule has 2 rings (SSSR count). The van der Waals surface area contributed by atoms with Crippen LogP contribution in [-0.4, -0.2) is 17.0 Å². The van der Waals surface area contributed by atoms with E-state index >= 15 is 0 Å². The van der Waals surface area contributed by atoms with Crippen molar-refractivity contribution < 1.29 is 18.7 Å². The van der Waals surface area contributed by atoms with Crippen LogP contribution in [-0.2, 0) is 4.79 Å². The third-order valence-corrected chi connectivity index (χ3v) is 3.12. The van der Waals surface area contributed by atoms with Crippen molar-refractivity contribution in [3.63, 3.8) is 0 Å². The zero-order valence-corrected chi connectivity index (χ0v) is 7.22. The van der Waals surface area contributed by atoms with Gasteiger partial charge in [0.1, 0.15) is 5.92 Å². The van der Waals surface area contributed by atoms with Crippen LogP contribution in [0.15, 0.2) is 17.5 Å². The first-order chi connectivity index (χ1) is 6.05. The molecule has 1 N–H and O–H groups in total. The predicted molar refractivity (Wildman–Crippen MR) is 43.1 cm³/mol. The zero-order valence-electron chi connectivity index (χ0n) is 6.41. The normalized spacial score (nSPS) is 30.0. The molecule has 1 aliphatic rings. The van der Waals surface area contributed by atoms with E-state index < -0.39 is 23.7 Å². The van der Waals surface area contributed by atoms with E-state index in [1.54, 1.807) is 17.5 Å². The number of rotatable bonds is 2. The SMILES string of the molecule is O=C(O)[C@@H]1[C@@H](c2cccs2)C1(F)F. The highest BCUT2D eigenvalue weighted by Gasteiger charge is 2.73. The van der Waals surface area contributed by atoms with E-state index in [-0.39, 0.29) is 0 Å². The third-order valence-electron chi connectivity index (χ3n) is 2.17. The second-order valence-corrected chi connectivity index (χ2v) is 3.96. The summed E-state index contributed by atoms with van der Waals surface area (Å²) >= 11 is 1.17. The number of carboxylic acids is 1. The maximum Gasteiger partial charge on any atom is 0.313 e. The lowest BCUT2D eigenvalue weighted by molar-refractivity contribution is -0.140. The van der Waals surface area contributed by atoms with Crippen LogP contribution in [0, 0.1) is 5.92 Å². The van der Waals surface area contributed by atoms with Gasteiger partial charge in [0.2, 0.25) is 0 Å². The molecule has 0 saturated heterocycles. The molecule has 0 aromatic carbocycles. The highest BCUT2D eigenvalue weighted by Crippen LogP contribution is 2.62. The second kappa shape index (κ2) is 2.51. The van der Waals surface area contributed by atoms with Crippen LogP contribution < -0.4 is 0 Å². The average Bonchev–Trinajstić information content (AvgIpc) is 2.50. The first kappa shape index (κ1) is 8.62. The summed E-state index contributed by atoms with van der Waals surface area (Å²) in [7, 11) is 0. The number of thiophene rings is 1. The standard InChI is InChI=1S/C8H6F2O2S/c9-8(10)5(6(8)7(11)12)4-2-1-3-13-4/h1-3,5-6H,(H,11,12)/t5-,6+/m1/s1. The van der Waals surface area contributed by atoms with E-state index in [4.69, 9.17) is 5.11 Å². The van der Waals surface area contributed by atoms with Crippen molar-refractivity contribution in [2.24, 2.45) is 5.92 Å². The van der Waals surface area contributed by atoms with E-state index in [1.165, 1.54) is 11.3 Å². The number of carboxylic acid groups (broad SMARTS) is 1. The molecule has 1 saturated carbocycles. The molecule has 5 heteroatoms. The maximum atomic E-state index is 12.9. The Morgan fingerprint density at radius 3 is 2.69 bits per heavy atom. The van der Waals surface area contributed by atoms with Gasteiger partial charge in [0, 0.05) is 4.88 Å². The largest absolute Gasteiger partial charge is 0.481 e. The highest BCUT2D eigenvalue weighted by atomic mass is 32.1. The van der Waals surface area contributed by atoms with Gasteiger partial charge < -0.3 is 5.11 Å². The molecule has 1 aliphatic carbocycles. The van der Waals surface area contributed by atoms with Crippen LogP contribution in [0.3, 0.4) is 0 Å². The van der Waals surface area contributed by atoms with Gasteiger partial charge in [0.15, 0.2) is 0 Å². The van der Waals surface area contributed by atoms with Gasteiger partial charge in [0.25, 0.3) is 5.92 Å². The fraction of sp³-hybridized carbons (Fsp3) is 0.375. The average molecular weight is 204 g/mol. The fourth-order valence-corrected chi connectivity index (χ4v) is 2.37. The maximum absolute atomic E-state index is 12.9. The Balaban J connectivity index is 2.25. The lowest BCUT2D eigenvalue weighted by Crippen LogP contribution is -2.04. The van der Waals surface area contributed by atoms with Crippen molar-refractivity contribution in [2.45, 2.75) is 11.8 Å². The van der Waals surface area contributed by atoms with Crippen LogP contribution in [0.25, 0.3) is 0 Å². The first-order valence-corrected chi connectivity index (χ1v) is 4.57. The zero-order chi connectivity index (χ0) is 9.64. The summed E-state index contributed by atoms with van der Waals surface area (Å²) in [5.41, 5.74) is 0. The Morgan fingerprint density at radius 1 is 1.62 bits per heavy atom. The summed E-state index contributed by atoms with van der Waals surface area (Å²) in [5.74, 6) is -7.10. The fourth-order valence-electron chi connectivity index (χ4n) is 1.46. The summed E-state index contributed by atoms with van der Waals surface area (Å²) in [5, 5.41) is 10.2. The summed E-state index contributed by atoms with van der Waals surface area (Å²) in [4.78, 5) is 10.9. The number of hydrogen-bond acceptors (Lipinski definition) is 2. The van der Waals surface area contributed by atoms with Crippen LogP contribution in [0.5, 0.6) is 0 Å². The van der Waals surface area contributed by atoms with Crippen molar-refractivity contribution in [2.75, 3.05) is 0 Å². The molecule has 2 nitrogen and oxygen atoms in total. The van der Waals surface area contributed by atoms with Gasteiger partial charge in [-0.25, -0.2) is 8.78 Å². The Kier molecular flexibility index (Phi) is 1.66. The monoisotopic (exact) mass is 204 g/mol. The Bertz CT molecular complexity index is 334. The van der Waals surface area contributed by atoms with Gasteiger partial charge in [0.05, 0.1) is 5.92 Å². The minimum absolute atomic E-state index is 0.456. The van der Waals surface area contributed by atoms with Crippen molar-refractivity contribution in [3.05, 3.63) is 22.4 Å². The quantitative estimate of drug-likeness (QED) is 0.801. The minimum atomic E-state index is -3.06. The molecule has 1 heterocycles. The van der Waals surface area contributed by atoms with Crippen molar-refractivity contribution in [3.8, 4) is 0 Å². The van der Waals surface area contributed by atoms with E-state index in [9.17, 15) is 13.6 Å². The second-order valence-electron chi connectivity index (χ2n) is 2.98. The molecule has 0 bridgehead atoms. The lowest BCUT2D eigenvalue weighted by Gasteiger charge is -1.89. The van der Waals surface area contributed by atoms with Gasteiger partial charge in [-0.2, -0.15) is 0 Å². The third kappa shape index (κ3) is 1.14. The molecule has 0 aliphatic heterocycles. The van der Waals surface area contributed by atoms with E-state index in [0.717, 1.165) is 0 Å². The lowest BCUT2D eigenvalue weighted by atomic mass is 10.3. The summed E-state index contributed by atoms with van der Waals surface area (Å²) in [6.45, 7) is 0. The predicted octanol–water partition coefficient (Wildman–Crippen LogP) is 2.18. The molecule has 0 unspecified atom stereocenters. The Hall–Kier alpha value is -0.970. The molecular weight excluding hydrogens is 198 g/mol. The van der Waals surface area contributed by atoms with Gasteiger partial charge in [-0.15, -0.1) is 11.3 Å². The van der Waals surface area contributed by atoms with Crippen molar-refractivity contribution in [1.29, 1.82) is 0 Å². The van der Waals surface area contributed by atoms with Crippen molar-refractivity contribution >= 4 is 17.3 Å². The summed E-state index contributed by atoms with van der Waals surface area (Å²) in [6, 6.07) is 3.19. The smallest absolute Gasteiger partial charge is 0.313 e. The van der Waals surface area contributed by atoms with E-state index in [1.807, 2.05) is 0 Å². The van der Waals surface area contributed by atoms with Gasteiger partial charge in [-0.05, 0) is 11.4 Å². The van der Waals surface area contributed by atoms with Gasteiger partial charge in [-0.3, -0.25) is 4.79 Å². The Labute approximate surface area is 76.8 Å². The molecule has 0 radical (unpaired) electrons. The highest BCUT2D eigenvalue weighted by molar-refractivity contribution is 7.10. The van der Waals surface area contributed by atoms with Gasteiger partial charge >= 0.3 is 5.97 Å². The Morgan fingerprint density at radius 2 is 2.31 bits per heavy atom. The first-order valence-electron chi connectivity index (χ1n) is 3.69. The molecular formula is C8H6F2O2S. The van der Waals surface area contributed by atoms with Crippen LogP contribution in [0.4, 0.5) is 8.78 Å². The summed E-state index contributed by atoms with van der Waals surface area (Å²) < 4.78 is 25.8. The number of hydrogen-bond donors (Lipinski definition) is 1. The molecule has 13 heavy (non-hydrogen) atoms. The topological polar surface area (TPSA) is 37.3 Å². The molecule has 1 aromatic rings. The molecule has 1 fully saturated rings. The van der Waals surface area contributed by atoms with Crippen LogP contribution >= 0.6 is 11.3 Å². The molecule has 0 amide bonds. The van der Waals surface area contributed by atoms with E-state index in [0.29, 0.717) is 4.88 Å². The number of halogens is 2. The summed E-state index contributed by atoms with van der Waals surface area (Å²) in [6.07, 6.45) is 0. The molecule has 70 valence electrons. The molecule has 1 aromatic heterocycles. The number of alkyl halides is 2. The van der Waals surface area contributed by atoms with Crippen LogP contribution in [0.2, 0.25) is 0 Å². The molecule has 2 atom stereocenters. The minimum Gasteiger partial charge on any atom is -0.481 e.